The number of hydrogen-bond acceptors (Lipinski definition) is 4. The minimum atomic E-state index is -0.284. The number of fused-ring (bicyclic) bond motifs is 2. The van der Waals surface area contributed by atoms with Crippen LogP contribution in [0.3, 0.4) is 0 Å². The van der Waals surface area contributed by atoms with Crippen LogP contribution in [0.25, 0.3) is 21.8 Å². The Morgan fingerprint density at radius 1 is 0.766 bits per heavy atom. The molecule has 47 heavy (non-hydrogen) atoms. The Hall–Kier alpha value is -4.06. The highest BCUT2D eigenvalue weighted by molar-refractivity contribution is 5.91. The first kappa shape index (κ1) is 31.5. The molecule has 6 nitrogen and oxygen atoms in total. The number of ether oxygens (including phenoxy) is 1. The van der Waals surface area contributed by atoms with E-state index >= 15 is 0 Å². The Kier molecular flexibility index (Phi) is 9.11. The van der Waals surface area contributed by atoms with E-state index in [1.54, 1.807) is 0 Å². The van der Waals surface area contributed by atoms with Crippen molar-refractivity contribution in [3.8, 4) is 0 Å². The van der Waals surface area contributed by atoms with Gasteiger partial charge >= 0.3 is 5.97 Å². The molecule has 2 N–H and O–H groups in total. The number of carbonyl (C=O) groups is 1. The van der Waals surface area contributed by atoms with Crippen LogP contribution in [0.2, 0.25) is 0 Å². The van der Waals surface area contributed by atoms with E-state index in [4.69, 9.17) is 15.5 Å². The summed E-state index contributed by atoms with van der Waals surface area (Å²) in [5, 5.41) is 2.57. The fourth-order valence-corrected chi connectivity index (χ4v) is 8.37. The lowest BCUT2D eigenvalue weighted by Crippen LogP contribution is -2.10. The predicted octanol–water partition coefficient (Wildman–Crippen LogP) is 9.68. The molecular formula is C41H50N4O2. The molecule has 6 heteroatoms. The van der Waals surface area contributed by atoms with Crippen molar-refractivity contribution in [2.45, 2.75) is 101 Å². The summed E-state index contributed by atoms with van der Waals surface area (Å²) in [4.78, 5) is 17.2. The number of rotatable bonds is 6. The van der Waals surface area contributed by atoms with Gasteiger partial charge in [0.05, 0.1) is 29.4 Å². The van der Waals surface area contributed by atoms with Gasteiger partial charge in [0.1, 0.15) is 0 Å². The fraction of sp³-hybridized carbons (Fsp3) is 0.463. The van der Waals surface area contributed by atoms with Gasteiger partial charge in [-0.05, 0) is 115 Å². The van der Waals surface area contributed by atoms with Crippen molar-refractivity contribution in [1.82, 2.24) is 14.1 Å². The lowest BCUT2D eigenvalue weighted by Gasteiger charge is -2.24. The largest absolute Gasteiger partial charge is 0.465 e. The highest BCUT2D eigenvalue weighted by Gasteiger charge is 2.27. The van der Waals surface area contributed by atoms with Crippen molar-refractivity contribution in [3.63, 3.8) is 0 Å². The third-order valence-electron chi connectivity index (χ3n) is 11.0. The summed E-state index contributed by atoms with van der Waals surface area (Å²) in [6, 6.07) is 15.3. The van der Waals surface area contributed by atoms with Crippen LogP contribution in [-0.2, 0) is 25.3 Å². The molecule has 0 aliphatic heterocycles. The highest BCUT2D eigenvalue weighted by atomic mass is 16.5. The van der Waals surface area contributed by atoms with Crippen LogP contribution < -0.4 is 5.73 Å². The number of methoxy groups -OCH3 is 1. The van der Waals surface area contributed by atoms with E-state index in [1.807, 2.05) is 12.3 Å². The lowest BCUT2D eigenvalue weighted by molar-refractivity contribution is 0.0599. The second-order valence-corrected chi connectivity index (χ2v) is 14.4. The molecule has 3 heterocycles. The number of carbonyl (C=O) groups excluding carboxylic acids is 1. The first-order valence-corrected chi connectivity index (χ1v) is 17.9. The van der Waals surface area contributed by atoms with Gasteiger partial charge in [0, 0.05) is 55.6 Å². The smallest absolute Gasteiger partial charge is 0.339 e. The molecule has 246 valence electrons. The zero-order chi connectivity index (χ0) is 32.5. The Labute approximate surface area is 279 Å². The van der Waals surface area contributed by atoms with Crippen molar-refractivity contribution in [1.29, 1.82) is 0 Å². The average molecular weight is 631 g/mol. The molecule has 3 saturated carbocycles. The minimum Gasteiger partial charge on any atom is -0.465 e. The van der Waals surface area contributed by atoms with E-state index < -0.39 is 0 Å². The Bertz CT molecular complexity index is 1880. The Morgan fingerprint density at radius 3 is 1.91 bits per heavy atom. The van der Waals surface area contributed by atoms with Crippen molar-refractivity contribution in [3.05, 3.63) is 94.6 Å². The van der Waals surface area contributed by atoms with Gasteiger partial charge in [-0.1, -0.05) is 44.6 Å². The summed E-state index contributed by atoms with van der Waals surface area (Å²) >= 11 is 0. The van der Waals surface area contributed by atoms with Crippen LogP contribution in [0.4, 0.5) is 5.69 Å². The number of nitrogen functional groups attached to an aromatic ring is 1. The molecule has 0 saturated heterocycles. The third kappa shape index (κ3) is 6.70. The molecule has 0 radical (unpaired) electrons. The highest BCUT2D eigenvalue weighted by Crippen LogP contribution is 2.41. The molecule has 2 aromatic carbocycles. The van der Waals surface area contributed by atoms with Crippen LogP contribution in [0.1, 0.15) is 133 Å². The van der Waals surface area contributed by atoms with Crippen LogP contribution in [0.15, 0.2) is 61.1 Å². The Morgan fingerprint density at radius 2 is 1.34 bits per heavy atom. The fourth-order valence-electron chi connectivity index (χ4n) is 8.37. The van der Waals surface area contributed by atoms with Gasteiger partial charge < -0.3 is 19.6 Å². The summed E-state index contributed by atoms with van der Waals surface area (Å²) in [5.74, 6) is 1.62. The topological polar surface area (TPSA) is 75.1 Å². The second-order valence-electron chi connectivity index (χ2n) is 14.4. The molecule has 8 rings (SSSR count). The van der Waals surface area contributed by atoms with Crippen LogP contribution in [0.5, 0.6) is 0 Å². The predicted molar refractivity (Wildman–Crippen MR) is 192 cm³/mol. The molecule has 3 aliphatic carbocycles. The standard InChI is InChI=1S/C26H30N2O2.C15H20N2/c1-28-11-10-20-12-17(13-22(25(20)28)19-6-4-3-5-7-19)14-24-23(26(29)30-2)15-21(16-27-24)18-8-9-18;1-17-8-7-12-9-13(16)10-14(15(12)17)11-5-3-2-4-6-11/h10-13,15-16,18-19H,3-9,14H2,1-2H3;7-11H,2-6,16H2,1H3. The molecule has 0 atom stereocenters. The summed E-state index contributed by atoms with van der Waals surface area (Å²) in [7, 11) is 5.72. The summed E-state index contributed by atoms with van der Waals surface area (Å²) in [5.41, 5.74) is 16.4. The third-order valence-corrected chi connectivity index (χ3v) is 11.0. The lowest BCUT2D eigenvalue weighted by atomic mass is 9.82. The van der Waals surface area contributed by atoms with Crippen molar-refractivity contribution < 1.29 is 9.53 Å². The van der Waals surface area contributed by atoms with Crippen LogP contribution in [0, 0.1) is 0 Å². The molecule has 0 spiro atoms. The van der Waals surface area contributed by atoms with Gasteiger partial charge in [0.15, 0.2) is 0 Å². The van der Waals surface area contributed by atoms with E-state index in [1.165, 1.54) is 128 Å². The Balaban J connectivity index is 0.000000174. The molecule has 5 aromatic rings. The summed E-state index contributed by atoms with van der Waals surface area (Å²) in [6.45, 7) is 0. The molecule has 3 aromatic heterocycles. The first-order valence-electron chi connectivity index (χ1n) is 17.9. The number of hydrogen-bond donors (Lipinski definition) is 1. The zero-order valence-corrected chi connectivity index (χ0v) is 28.4. The maximum atomic E-state index is 12.5. The molecule has 3 aliphatic rings. The van der Waals surface area contributed by atoms with E-state index in [2.05, 4.69) is 72.0 Å². The maximum absolute atomic E-state index is 12.5. The molecular weight excluding hydrogens is 580 g/mol. The van der Waals surface area contributed by atoms with Gasteiger partial charge in [-0.2, -0.15) is 0 Å². The number of nitrogens with two attached hydrogens (primary N) is 1. The second kappa shape index (κ2) is 13.6. The average Bonchev–Trinajstić information content (AvgIpc) is 3.80. The van der Waals surface area contributed by atoms with E-state index in [9.17, 15) is 4.79 Å². The quantitative estimate of drug-likeness (QED) is 0.150. The number of aromatic nitrogens is 3. The van der Waals surface area contributed by atoms with Gasteiger partial charge in [-0.15, -0.1) is 0 Å². The molecule has 0 bridgehead atoms. The van der Waals surface area contributed by atoms with E-state index in [-0.39, 0.29) is 5.97 Å². The number of anilines is 1. The SMILES string of the molecule is COC(=O)c1cc(C2CC2)cnc1Cc1cc(C2CCCCC2)c2c(ccn2C)c1.Cn1ccc2cc(N)cc(C3CCCCC3)c21. The van der Waals surface area contributed by atoms with Gasteiger partial charge in [0.25, 0.3) is 0 Å². The van der Waals surface area contributed by atoms with Crippen LogP contribution in [-0.4, -0.2) is 27.2 Å². The van der Waals surface area contributed by atoms with E-state index in [0.29, 0.717) is 29.7 Å². The minimum absolute atomic E-state index is 0.284. The molecule has 3 fully saturated rings. The van der Waals surface area contributed by atoms with Crippen molar-refractivity contribution in [2.75, 3.05) is 12.8 Å². The number of pyridine rings is 1. The zero-order valence-electron chi connectivity index (χ0n) is 28.4. The van der Waals surface area contributed by atoms with Gasteiger partial charge in [-0.25, -0.2) is 4.79 Å². The van der Waals surface area contributed by atoms with Crippen molar-refractivity contribution >= 4 is 33.5 Å². The number of benzene rings is 2. The van der Waals surface area contributed by atoms with Crippen LogP contribution >= 0.6 is 0 Å². The monoisotopic (exact) mass is 630 g/mol. The van der Waals surface area contributed by atoms with E-state index in [0.717, 1.165) is 11.4 Å². The number of esters is 1. The molecule has 0 unspecified atom stereocenters. The molecule has 0 amide bonds. The normalized spacial score (nSPS) is 17.5. The van der Waals surface area contributed by atoms with Gasteiger partial charge in [-0.3, -0.25) is 4.98 Å². The number of nitrogens with zero attached hydrogens (tertiary/aromatic N) is 3. The van der Waals surface area contributed by atoms with Crippen molar-refractivity contribution in [2.24, 2.45) is 14.1 Å². The summed E-state index contributed by atoms with van der Waals surface area (Å²) < 4.78 is 9.57. The maximum Gasteiger partial charge on any atom is 0.339 e. The summed E-state index contributed by atoms with van der Waals surface area (Å²) in [6.07, 6.45) is 22.6. The van der Waals surface area contributed by atoms with Gasteiger partial charge in [0.2, 0.25) is 0 Å². The number of aryl methyl sites for hydroxylation is 2. The first-order chi connectivity index (χ1) is 22.9.